The summed E-state index contributed by atoms with van der Waals surface area (Å²) in [6.45, 7) is 7.21. The molecule has 27 heavy (non-hydrogen) atoms. The van der Waals surface area contributed by atoms with Crippen molar-refractivity contribution >= 4 is 17.6 Å². The number of rotatable bonds is 6. The summed E-state index contributed by atoms with van der Waals surface area (Å²) in [6, 6.07) is -1.30. The number of aromatic nitrogens is 2. The lowest BCUT2D eigenvalue weighted by Gasteiger charge is -2.34. The highest BCUT2D eigenvalue weighted by molar-refractivity contribution is 5.97. The number of hydrogen-bond acceptors (Lipinski definition) is 5. The smallest absolute Gasteiger partial charge is 0.272 e. The van der Waals surface area contributed by atoms with E-state index in [2.05, 4.69) is 20.6 Å². The van der Waals surface area contributed by atoms with Gasteiger partial charge in [-0.3, -0.25) is 19.4 Å². The Kier molecular flexibility index (Phi) is 7.05. The first kappa shape index (κ1) is 21.0. The highest BCUT2D eigenvalue weighted by Crippen LogP contribution is 2.27. The van der Waals surface area contributed by atoms with E-state index in [4.69, 9.17) is 0 Å². The van der Waals surface area contributed by atoms with Crippen LogP contribution in [-0.4, -0.2) is 39.6 Å². The molecular formula is C20H30N4O3. The van der Waals surface area contributed by atoms with Crippen molar-refractivity contribution in [2.24, 2.45) is 11.3 Å². The Morgan fingerprint density at radius 2 is 1.74 bits per heavy atom. The molecule has 1 heterocycles. The normalized spacial score (nSPS) is 17.6. The van der Waals surface area contributed by atoms with Crippen molar-refractivity contribution in [3.05, 3.63) is 24.3 Å². The summed E-state index contributed by atoms with van der Waals surface area (Å²) in [5.74, 6) is -0.788. The average Bonchev–Trinajstić information content (AvgIpc) is 2.64. The number of carbonyl (C=O) groups is 3. The van der Waals surface area contributed by atoms with E-state index in [9.17, 15) is 14.4 Å². The first-order valence-electron chi connectivity index (χ1n) is 9.58. The molecule has 0 aromatic carbocycles. The summed E-state index contributed by atoms with van der Waals surface area (Å²) in [6.07, 6.45) is 9.26. The van der Waals surface area contributed by atoms with Gasteiger partial charge in [-0.1, -0.05) is 40.0 Å². The molecule has 7 nitrogen and oxygen atoms in total. The molecule has 1 aliphatic carbocycles. The maximum absolute atomic E-state index is 13.1. The Hall–Kier alpha value is -2.31. The summed E-state index contributed by atoms with van der Waals surface area (Å²) >= 11 is 0. The van der Waals surface area contributed by atoms with Crippen LogP contribution in [0.3, 0.4) is 0 Å². The van der Waals surface area contributed by atoms with Gasteiger partial charge < -0.3 is 10.6 Å². The minimum Gasteiger partial charge on any atom is -0.344 e. The van der Waals surface area contributed by atoms with Gasteiger partial charge in [0.2, 0.25) is 5.91 Å². The third-order valence-corrected chi connectivity index (χ3v) is 5.05. The minimum absolute atomic E-state index is 0.0481. The van der Waals surface area contributed by atoms with Gasteiger partial charge in [0.1, 0.15) is 11.7 Å². The minimum atomic E-state index is -0.691. The maximum atomic E-state index is 13.1. The van der Waals surface area contributed by atoms with Gasteiger partial charge >= 0.3 is 0 Å². The fourth-order valence-electron chi connectivity index (χ4n) is 3.66. The van der Waals surface area contributed by atoms with E-state index in [1.54, 1.807) is 0 Å². The predicted molar refractivity (Wildman–Crippen MR) is 102 cm³/mol. The maximum Gasteiger partial charge on any atom is 0.272 e. The molecule has 2 amide bonds. The van der Waals surface area contributed by atoms with Crippen LogP contribution in [0, 0.1) is 11.3 Å². The van der Waals surface area contributed by atoms with Gasteiger partial charge in [0, 0.05) is 12.4 Å². The molecule has 1 aliphatic rings. The fourth-order valence-corrected chi connectivity index (χ4v) is 3.66. The number of Topliss-reactive ketones (excluding diaryl/α,β-unsaturated/α-hetero) is 1. The summed E-state index contributed by atoms with van der Waals surface area (Å²) in [5, 5.41) is 5.71. The van der Waals surface area contributed by atoms with E-state index in [1.165, 1.54) is 25.5 Å². The van der Waals surface area contributed by atoms with E-state index in [-0.39, 0.29) is 23.3 Å². The first-order chi connectivity index (χ1) is 12.7. The Morgan fingerprint density at radius 3 is 2.26 bits per heavy atom. The zero-order valence-electron chi connectivity index (χ0n) is 16.6. The Labute approximate surface area is 160 Å². The summed E-state index contributed by atoms with van der Waals surface area (Å²) in [7, 11) is 0. The van der Waals surface area contributed by atoms with Crippen molar-refractivity contribution in [2.75, 3.05) is 0 Å². The number of nitrogens with one attached hydrogen (secondary N) is 2. The Morgan fingerprint density at radius 1 is 1.07 bits per heavy atom. The van der Waals surface area contributed by atoms with E-state index in [0.29, 0.717) is 0 Å². The van der Waals surface area contributed by atoms with Crippen LogP contribution >= 0.6 is 0 Å². The van der Waals surface area contributed by atoms with E-state index in [0.717, 1.165) is 32.1 Å². The number of carbonyl (C=O) groups excluding carboxylic acids is 3. The fraction of sp³-hybridized carbons (Fsp3) is 0.650. The van der Waals surface area contributed by atoms with Gasteiger partial charge in [0.25, 0.3) is 5.91 Å². The number of amides is 2. The molecule has 0 radical (unpaired) electrons. The van der Waals surface area contributed by atoms with Crippen molar-refractivity contribution in [1.82, 2.24) is 20.6 Å². The van der Waals surface area contributed by atoms with Gasteiger partial charge in [0.05, 0.1) is 12.2 Å². The van der Waals surface area contributed by atoms with Gasteiger partial charge in [-0.25, -0.2) is 4.98 Å². The van der Waals surface area contributed by atoms with E-state index >= 15 is 0 Å². The topological polar surface area (TPSA) is 101 Å². The lowest BCUT2D eigenvalue weighted by Crippen LogP contribution is -2.57. The second-order valence-corrected chi connectivity index (χ2v) is 8.36. The third-order valence-electron chi connectivity index (χ3n) is 5.05. The molecule has 2 rings (SSSR count). The van der Waals surface area contributed by atoms with Crippen LogP contribution in [0.4, 0.5) is 0 Å². The zero-order valence-corrected chi connectivity index (χ0v) is 16.6. The quantitative estimate of drug-likeness (QED) is 0.795. The zero-order chi connectivity index (χ0) is 20.0. The molecule has 0 saturated heterocycles. The van der Waals surface area contributed by atoms with Crippen LogP contribution in [0.5, 0.6) is 0 Å². The van der Waals surface area contributed by atoms with Crippen molar-refractivity contribution in [1.29, 1.82) is 0 Å². The van der Waals surface area contributed by atoms with Gasteiger partial charge in [-0.05, 0) is 31.1 Å². The highest BCUT2D eigenvalue weighted by atomic mass is 16.2. The standard InChI is InChI=1S/C20H30N4O3/c1-13(25)17(20(2,3)4)24-19(27)16(14-8-6-5-7-9-14)23-18(26)15-12-21-10-11-22-15/h10-12,14,16-17H,5-9H2,1-4H3,(H,23,26)(H,24,27)/t16-,17-/m1/s1. The van der Waals surface area contributed by atoms with Crippen molar-refractivity contribution in [3.8, 4) is 0 Å². The van der Waals surface area contributed by atoms with Gasteiger partial charge in [-0.15, -0.1) is 0 Å². The second-order valence-electron chi connectivity index (χ2n) is 8.36. The van der Waals surface area contributed by atoms with Crippen molar-refractivity contribution < 1.29 is 14.4 Å². The Balaban J connectivity index is 2.19. The van der Waals surface area contributed by atoms with Gasteiger partial charge in [-0.2, -0.15) is 0 Å². The molecule has 1 fully saturated rings. The van der Waals surface area contributed by atoms with E-state index < -0.39 is 23.4 Å². The summed E-state index contributed by atoms with van der Waals surface area (Å²) in [4.78, 5) is 45.6. The molecule has 1 aromatic rings. The largest absolute Gasteiger partial charge is 0.344 e. The van der Waals surface area contributed by atoms with Crippen molar-refractivity contribution in [2.45, 2.75) is 71.9 Å². The molecule has 7 heteroatoms. The van der Waals surface area contributed by atoms with E-state index in [1.807, 2.05) is 20.8 Å². The molecule has 148 valence electrons. The summed E-state index contributed by atoms with van der Waals surface area (Å²) in [5.41, 5.74) is -0.238. The molecule has 0 unspecified atom stereocenters. The molecule has 1 saturated carbocycles. The third kappa shape index (κ3) is 5.84. The van der Waals surface area contributed by atoms with Crippen LogP contribution < -0.4 is 10.6 Å². The predicted octanol–water partition coefficient (Wildman–Crippen LogP) is 2.28. The van der Waals surface area contributed by atoms with Gasteiger partial charge in [0.15, 0.2) is 5.78 Å². The second kappa shape index (κ2) is 9.06. The molecule has 0 spiro atoms. The molecule has 0 bridgehead atoms. The lowest BCUT2D eigenvalue weighted by molar-refractivity contribution is -0.131. The van der Waals surface area contributed by atoms with Crippen LogP contribution in [0.2, 0.25) is 0 Å². The van der Waals surface area contributed by atoms with Crippen LogP contribution in [-0.2, 0) is 9.59 Å². The SMILES string of the molecule is CC(=O)[C@@H](NC(=O)[C@H](NC(=O)c1cnccn1)C1CCCCC1)C(C)(C)C. The van der Waals surface area contributed by atoms with Crippen LogP contribution in [0.25, 0.3) is 0 Å². The molecular weight excluding hydrogens is 344 g/mol. The number of hydrogen-bond donors (Lipinski definition) is 2. The number of nitrogens with zero attached hydrogens (tertiary/aromatic N) is 2. The molecule has 1 aromatic heterocycles. The highest BCUT2D eigenvalue weighted by Gasteiger charge is 2.36. The molecule has 2 N–H and O–H groups in total. The molecule has 2 atom stereocenters. The van der Waals surface area contributed by atoms with Crippen LogP contribution in [0.1, 0.15) is 70.3 Å². The number of ketones is 1. The first-order valence-corrected chi connectivity index (χ1v) is 9.58. The monoisotopic (exact) mass is 374 g/mol. The summed E-state index contributed by atoms with van der Waals surface area (Å²) < 4.78 is 0. The Bertz CT molecular complexity index is 664. The molecule has 0 aliphatic heterocycles. The van der Waals surface area contributed by atoms with Crippen molar-refractivity contribution in [3.63, 3.8) is 0 Å². The lowest BCUT2D eigenvalue weighted by atomic mass is 9.81. The average molecular weight is 374 g/mol. The van der Waals surface area contributed by atoms with Crippen LogP contribution in [0.15, 0.2) is 18.6 Å².